The van der Waals surface area contributed by atoms with Gasteiger partial charge >= 0.3 is 0 Å². The SMILES string of the molecule is O=C(Nc1nc(-c2cc(Cl)sc2Cl)cs1)C1=CN2CCS(=O)(=O)N=C2C=C1. The number of amidine groups is 1. The number of sulfonamides is 1. The Balaban J connectivity index is 1.50. The lowest BCUT2D eigenvalue weighted by atomic mass is 10.2. The van der Waals surface area contributed by atoms with Gasteiger partial charge in [-0.1, -0.05) is 23.2 Å². The van der Waals surface area contributed by atoms with E-state index >= 15 is 0 Å². The molecule has 2 aromatic rings. The average Bonchev–Trinajstić information content (AvgIpc) is 3.19. The second kappa shape index (κ2) is 7.02. The smallest absolute Gasteiger partial charge is 0.258 e. The number of nitrogens with one attached hydrogen (secondary N) is 1. The Morgan fingerprint density at radius 3 is 2.85 bits per heavy atom. The highest BCUT2D eigenvalue weighted by molar-refractivity contribution is 7.90. The Morgan fingerprint density at radius 2 is 2.11 bits per heavy atom. The molecule has 0 spiro atoms. The summed E-state index contributed by atoms with van der Waals surface area (Å²) in [5.74, 6) is -0.136. The van der Waals surface area contributed by atoms with Crippen LogP contribution < -0.4 is 5.32 Å². The summed E-state index contributed by atoms with van der Waals surface area (Å²) in [6.45, 7) is 0.251. The van der Waals surface area contributed by atoms with Crippen molar-refractivity contribution in [3.63, 3.8) is 0 Å². The molecule has 0 bridgehead atoms. The number of anilines is 1. The number of amides is 1. The summed E-state index contributed by atoms with van der Waals surface area (Å²) in [4.78, 5) is 18.5. The van der Waals surface area contributed by atoms with E-state index in [2.05, 4.69) is 14.7 Å². The maximum absolute atomic E-state index is 12.5. The highest BCUT2D eigenvalue weighted by Crippen LogP contribution is 2.39. The molecule has 140 valence electrons. The van der Waals surface area contributed by atoms with Crippen LogP contribution in [0.25, 0.3) is 11.3 Å². The van der Waals surface area contributed by atoms with E-state index in [1.807, 2.05) is 0 Å². The van der Waals surface area contributed by atoms with Gasteiger partial charge in [-0.05, 0) is 18.2 Å². The molecule has 2 aliphatic rings. The van der Waals surface area contributed by atoms with Crippen LogP contribution >= 0.6 is 45.9 Å². The van der Waals surface area contributed by atoms with Crippen LogP contribution in [0, 0.1) is 0 Å². The van der Waals surface area contributed by atoms with Crippen LogP contribution in [0.3, 0.4) is 0 Å². The van der Waals surface area contributed by atoms with Gasteiger partial charge in [-0.15, -0.1) is 27.1 Å². The number of thiazole rings is 1. The number of carbonyl (C=O) groups excluding carboxylic acids is 1. The van der Waals surface area contributed by atoms with E-state index in [9.17, 15) is 13.2 Å². The lowest BCUT2D eigenvalue weighted by Crippen LogP contribution is -2.37. The number of fused-ring (bicyclic) bond motifs is 1. The molecule has 0 aromatic carbocycles. The van der Waals surface area contributed by atoms with E-state index in [0.717, 1.165) is 5.56 Å². The van der Waals surface area contributed by atoms with Crippen LogP contribution in [0.2, 0.25) is 8.67 Å². The van der Waals surface area contributed by atoms with Crippen LogP contribution in [0.1, 0.15) is 0 Å². The van der Waals surface area contributed by atoms with Crippen LogP contribution in [0.15, 0.2) is 39.8 Å². The number of hydrogen-bond donors (Lipinski definition) is 1. The van der Waals surface area contributed by atoms with E-state index in [0.29, 0.717) is 30.9 Å². The molecule has 2 aromatic heterocycles. The van der Waals surface area contributed by atoms with Gasteiger partial charge in [-0.3, -0.25) is 10.1 Å². The summed E-state index contributed by atoms with van der Waals surface area (Å²) in [5, 5.41) is 4.93. The van der Waals surface area contributed by atoms with Crippen molar-refractivity contribution in [2.45, 2.75) is 0 Å². The third-order valence-electron chi connectivity index (χ3n) is 3.74. The monoisotopic (exact) mass is 460 g/mol. The van der Waals surface area contributed by atoms with Gasteiger partial charge in [0.05, 0.1) is 21.4 Å². The fourth-order valence-corrected chi connectivity index (χ4v) is 5.63. The van der Waals surface area contributed by atoms with Gasteiger partial charge in [0.2, 0.25) is 0 Å². The largest absolute Gasteiger partial charge is 0.330 e. The molecule has 27 heavy (non-hydrogen) atoms. The maximum Gasteiger partial charge on any atom is 0.258 e. The van der Waals surface area contributed by atoms with Crippen LogP contribution in [0.4, 0.5) is 5.13 Å². The molecule has 0 aliphatic carbocycles. The van der Waals surface area contributed by atoms with Crippen LogP contribution in [-0.4, -0.2) is 42.3 Å². The van der Waals surface area contributed by atoms with Gasteiger partial charge in [0.1, 0.15) is 10.2 Å². The third kappa shape index (κ3) is 3.94. The van der Waals surface area contributed by atoms with Crippen LogP contribution in [0.5, 0.6) is 0 Å². The summed E-state index contributed by atoms with van der Waals surface area (Å²) in [7, 11) is -3.43. The Bertz CT molecular complexity index is 1130. The highest BCUT2D eigenvalue weighted by atomic mass is 35.5. The Kier molecular flexibility index (Phi) is 4.85. The minimum Gasteiger partial charge on any atom is -0.330 e. The van der Waals surface area contributed by atoms with Crippen molar-refractivity contribution in [1.29, 1.82) is 0 Å². The zero-order chi connectivity index (χ0) is 19.2. The van der Waals surface area contributed by atoms with Crippen molar-refractivity contribution in [1.82, 2.24) is 9.88 Å². The summed E-state index contributed by atoms with van der Waals surface area (Å²) < 4.78 is 27.8. The number of halogens is 2. The predicted molar refractivity (Wildman–Crippen MR) is 109 cm³/mol. The fourth-order valence-electron chi connectivity index (χ4n) is 2.47. The zero-order valence-electron chi connectivity index (χ0n) is 13.3. The number of carbonyl (C=O) groups is 1. The molecule has 1 amide bonds. The first kappa shape index (κ1) is 18.6. The van der Waals surface area contributed by atoms with Crippen molar-refractivity contribution >= 4 is 72.8 Å². The summed E-state index contributed by atoms with van der Waals surface area (Å²) in [6, 6.07) is 1.73. The van der Waals surface area contributed by atoms with Gasteiger partial charge < -0.3 is 4.90 Å². The highest BCUT2D eigenvalue weighted by Gasteiger charge is 2.25. The van der Waals surface area contributed by atoms with Gasteiger partial charge in [0, 0.05) is 23.7 Å². The molecule has 4 heterocycles. The number of nitrogens with zero attached hydrogens (tertiary/aromatic N) is 3. The first-order valence-corrected chi connectivity index (χ1v) is 11.6. The van der Waals surface area contributed by atoms with Crippen molar-refractivity contribution < 1.29 is 13.2 Å². The molecule has 0 saturated carbocycles. The predicted octanol–water partition coefficient (Wildman–Crippen LogP) is 3.61. The van der Waals surface area contributed by atoms with Crippen LogP contribution in [-0.2, 0) is 14.8 Å². The van der Waals surface area contributed by atoms with Gasteiger partial charge in [0.15, 0.2) is 5.13 Å². The fraction of sp³-hybridized carbons (Fsp3) is 0.133. The first-order chi connectivity index (χ1) is 12.8. The molecule has 0 atom stereocenters. The van der Waals surface area contributed by atoms with E-state index in [1.165, 1.54) is 34.8 Å². The summed E-state index contributed by atoms with van der Waals surface area (Å²) >= 11 is 14.6. The number of hydrogen-bond acceptors (Lipinski definition) is 7. The van der Waals surface area contributed by atoms with E-state index < -0.39 is 10.0 Å². The van der Waals surface area contributed by atoms with Crippen molar-refractivity contribution in [3.8, 4) is 11.3 Å². The Morgan fingerprint density at radius 1 is 1.30 bits per heavy atom. The summed E-state index contributed by atoms with van der Waals surface area (Å²) in [5.41, 5.74) is 1.73. The van der Waals surface area contributed by atoms with Gasteiger partial charge in [0.25, 0.3) is 15.9 Å². The van der Waals surface area contributed by atoms with Gasteiger partial charge in [-0.2, -0.15) is 0 Å². The molecule has 0 saturated heterocycles. The molecule has 12 heteroatoms. The first-order valence-electron chi connectivity index (χ1n) is 7.52. The molecule has 0 unspecified atom stereocenters. The standard InChI is InChI=1S/C15H10Cl2N4O3S3/c16-11-5-9(13(17)26-11)10-7-25-15(18-10)19-14(22)8-1-2-12-20-27(23,24)4-3-21(12)6-8/h1-2,5-7H,3-4H2,(H,18,19,22). The minimum atomic E-state index is -3.43. The van der Waals surface area contributed by atoms with Crippen molar-refractivity contribution in [2.24, 2.45) is 4.40 Å². The molecule has 2 aliphatic heterocycles. The van der Waals surface area contributed by atoms with Crippen molar-refractivity contribution in [2.75, 3.05) is 17.6 Å². The van der Waals surface area contributed by atoms with E-state index in [-0.39, 0.29) is 18.2 Å². The molecular weight excluding hydrogens is 451 g/mol. The van der Waals surface area contributed by atoms with E-state index in [1.54, 1.807) is 22.5 Å². The molecule has 1 N–H and O–H groups in total. The van der Waals surface area contributed by atoms with Crippen molar-refractivity contribution in [3.05, 3.63) is 44.0 Å². The number of aromatic nitrogens is 1. The molecule has 0 fully saturated rings. The number of rotatable bonds is 3. The zero-order valence-corrected chi connectivity index (χ0v) is 17.3. The molecule has 7 nitrogen and oxygen atoms in total. The second-order valence-electron chi connectivity index (χ2n) is 5.58. The third-order valence-corrected chi connectivity index (χ3v) is 7.15. The molecular formula is C15H10Cl2N4O3S3. The Labute approximate surface area is 172 Å². The maximum atomic E-state index is 12.5. The number of thiophene rings is 1. The molecule has 4 rings (SSSR count). The Hall–Kier alpha value is -1.72. The summed E-state index contributed by atoms with van der Waals surface area (Å²) in [6.07, 6.45) is 4.61. The second-order valence-corrected chi connectivity index (χ2v) is 10.5. The van der Waals surface area contributed by atoms with Gasteiger partial charge in [-0.25, -0.2) is 13.4 Å². The topological polar surface area (TPSA) is 91.7 Å². The lowest BCUT2D eigenvalue weighted by molar-refractivity contribution is -0.112. The lowest BCUT2D eigenvalue weighted by Gasteiger charge is -2.26. The average molecular weight is 461 g/mol. The minimum absolute atomic E-state index is 0.0878. The quantitative estimate of drug-likeness (QED) is 0.754. The normalized spacial score (nSPS) is 17.9. The van der Waals surface area contributed by atoms with E-state index in [4.69, 9.17) is 23.2 Å². The molecule has 0 radical (unpaired) electrons.